The van der Waals surface area contributed by atoms with Crippen LogP contribution in [0.3, 0.4) is 0 Å². The van der Waals surface area contributed by atoms with Crippen molar-refractivity contribution >= 4 is 16.7 Å². The largest absolute Gasteiger partial charge is 0.346 e. The molecule has 6 heteroatoms. The lowest BCUT2D eigenvalue weighted by atomic mass is 10.1. The second-order valence-corrected chi connectivity index (χ2v) is 7.13. The third-order valence-electron chi connectivity index (χ3n) is 5.29. The average Bonchev–Trinajstić information content (AvgIpc) is 3.29. The molecule has 0 atom stereocenters. The molecule has 4 aromatic rings. The lowest BCUT2D eigenvalue weighted by Crippen LogP contribution is -2.43. The van der Waals surface area contributed by atoms with Gasteiger partial charge in [0.2, 0.25) is 0 Å². The molecule has 0 unspecified atom stereocenters. The van der Waals surface area contributed by atoms with Crippen LogP contribution in [0.4, 0.5) is 0 Å². The number of aromatic nitrogens is 4. The maximum atomic E-state index is 4.65. The minimum atomic E-state index is 0.938. The molecule has 132 valence electrons. The van der Waals surface area contributed by atoms with Crippen molar-refractivity contribution in [3.05, 3.63) is 54.7 Å². The van der Waals surface area contributed by atoms with Crippen molar-refractivity contribution < 1.29 is 0 Å². The van der Waals surface area contributed by atoms with Gasteiger partial charge in [0.1, 0.15) is 11.3 Å². The van der Waals surface area contributed by atoms with Crippen LogP contribution in [0.5, 0.6) is 0 Å². The van der Waals surface area contributed by atoms with Crippen LogP contribution in [0.25, 0.3) is 27.8 Å². The van der Waals surface area contributed by atoms with E-state index in [4.69, 9.17) is 0 Å². The molecule has 1 saturated heterocycles. The Balaban J connectivity index is 1.48. The van der Waals surface area contributed by atoms with Gasteiger partial charge in [-0.1, -0.05) is 0 Å². The number of nitrogens with zero attached hydrogens (tertiary/aromatic N) is 5. The van der Waals surface area contributed by atoms with E-state index in [-0.39, 0.29) is 0 Å². The number of likely N-dealkylation sites (N-methyl/N-ethyl adjacent to an activating group) is 1. The maximum Gasteiger partial charge on any atom is 0.137 e. The highest BCUT2D eigenvalue weighted by atomic mass is 15.2. The summed E-state index contributed by atoms with van der Waals surface area (Å²) >= 11 is 0. The van der Waals surface area contributed by atoms with Gasteiger partial charge in [-0.25, -0.2) is 9.97 Å². The molecule has 5 heterocycles. The van der Waals surface area contributed by atoms with E-state index in [1.165, 1.54) is 22.1 Å². The van der Waals surface area contributed by atoms with E-state index in [9.17, 15) is 0 Å². The van der Waals surface area contributed by atoms with Gasteiger partial charge in [0.15, 0.2) is 0 Å². The van der Waals surface area contributed by atoms with Crippen LogP contribution >= 0.6 is 0 Å². The van der Waals surface area contributed by atoms with Crippen molar-refractivity contribution in [2.45, 2.75) is 6.54 Å². The van der Waals surface area contributed by atoms with Crippen LogP contribution < -0.4 is 0 Å². The summed E-state index contributed by atoms with van der Waals surface area (Å²) in [6, 6.07) is 6.46. The summed E-state index contributed by atoms with van der Waals surface area (Å²) in [7, 11) is 2.19. The second kappa shape index (κ2) is 6.23. The number of H-pyrrole nitrogens is 1. The quantitative estimate of drug-likeness (QED) is 0.620. The molecule has 0 spiro atoms. The lowest BCUT2D eigenvalue weighted by Gasteiger charge is -2.32. The molecule has 6 nitrogen and oxygen atoms in total. The molecule has 0 amide bonds. The van der Waals surface area contributed by atoms with Crippen LogP contribution in [0, 0.1) is 0 Å². The molecule has 5 rings (SSSR count). The smallest absolute Gasteiger partial charge is 0.137 e. The molecule has 0 saturated carbocycles. The molecule has 0 aromatic carbocycles. The van der Waals surface area contributed by atoms with Gasteiger partial charge in [-0.2, -0.15) is 0 Å². The highest BCUT2D eigenvalue weighted by molar-refractivity contribution is 5.93. The van der Waals surface area contributed by atoms with Gasteiger partial charge in [0.25, 0.3) is 0 Å². The summed E-state index contributed by atoms with van der Waals surface area (Å²) in [5.41, 5.74) is 5.52. The second-order valence-electron chi connectivity index (χ2n) is 7.13. The van der Waals surface area contributed by atoms with Gasteiger partial charge in [-0.15, -0.1) is 0 Å². The molecule has 0 bridgehead atoms. The Labute approximate surface area is 152 Å². The van der Waals surface area contributed by atoms with Gasteiger partial charge < -0.3 is 14.3 Å². The molecule has 4 aromatic heterocycles. The number of rotatable bonds is 3. The summed E-state index contributed by atoms with van der Waals surface area (Å²) in [6.45, 7) is 5.46. The molecule has 0 radical (unpaired) electrons. The first-order chi connectivity index (χ1) is 12.8. The van der Waals surface area contributed by atoms with Crippen LogP contribution in [0.15, 0.2) is 49.2 Å². The number of nitrogens with one attached hydrogen (secondary N) is 1. The van der Waals surface area contributed by atoms with Crippen LogP contribution in [0.1, 0.15) is 5.56 Å². The minimum Gasteiger partial charge on any atom is -0.346 e. The topological polar surface area (TPSA) is 52.5 Å². The van der Waals surface area contributed by atoms with Gasteiger partial charge in [-0.3, -0.25) is 4.90 Å². The number of hydrogen-bond donors (Lipinski definition) is 1. The van der Waals surface area contributed by atoms with Gasteiger partial charge in [0, 0.05) is 80.2 Å². The molecular weight excluding hydrogens is 324 g/mol. The first-order valence-electron chi connectivity index (χ1n) is 9.06. The fourth-order valence-corrected chi connectivity index (χ4v) is 3.72. The molecule has 1 fully saturated rings. The fraction of sp³-hybridized carbons (Fsp3) is 0.300. The van der Waals surface area contributed by atoms with E-state index in [1.807, 2.05) is 18.6 Å². The molecule has 1 N–H and O–H groups in total. The van der Waals surface area contributed by atoms with E-state index in [0.29, 0.717) is 0 Å². The van der Waals surface area contributed by atoms with Crippen LogP contribution in [-0.2, 0) is 6.54 Å². The Kier molecular flexibility index (Phi) is 3.72. The summed E-state index contributed by atoms with van der Waals surface area (Å²) < 4.78 is 2.05. The summed E-state index contributed by atoms with van der Waals surface area (Å²) in [6.07, 6.45) is 9.97. The van der Waals surface area contributed by atoms with E-state index in [2.05, 4.69) is 66.8 Å². The first-order valence-corrected chi connectivity index (χ1v) is 9.06. The van der Waals surface area contributed by atoms with Crippen LogP contribution in [-0.4, -0.2) is 62.4 Å². The number of piperazine rings is 1. The Morgan fingerprint density at radius 1 is 1.12 bits per heavy atom. The number of pyridine rings is 2. The summed E-state index contributed by atoms with van der Waals surface area (Å²) in [4.78, 5) is 17.2. The van der Waals surface area contributed by atoms with Crippen LogP contribution in [0.2, 0.25) is 0 Å². The zero-order chi connectivity index (χ0) is 17.5. The van der Waals surface area contributed by atoms with Crippen molar-refractivity contribution in [2.24, 2.45) is 0 Å². The molecule has 1 aliphatic rings. The molecule has 26 heavy (non-hydrogen) atoms. The number of imidazole rings is 1. The zero-order valence-corrected chi connectivity index (χ0v) is 14.9. The van der Waals surface area contributed by atoms with E-state index < -0.39 is 0 Å². The maximum absolute atomic E-state index is 4.65. The molecular formula is C20H22N6. The predicted octanol–water partition coefficient (Wildman–Crippen LogP) is 2.62. The standard InChI is InChI=1S/C20H22N6/c1-24-6-8-25(9-7-24)13-15-10-17-18(12-23-20(17)22-11-15)16-2-3-19-21-4-5-26(19)14-16/h2-5,10-12,14H,6-9,13H2,1H3,(H,22,23). The van der Waals surface area contributed by atoms with E-state index >= 15 is 0 Å². The zero-order valence-electron chi connectivity index (χ0n) is 14.9. The summed E-state index contributed by atoms with van der Waals surface area (Å²) in [5, 5.41) is 1.18. The van der Waals surface area contributed by atoms with Gasteiger partial charge in [0.05, 0.1) is 0 Å². The molecule has 0 aliphatic carbocycles. The minimum absolute atomic E-state index is 0.938. The third-order valence-corrected chi connectivity index (χ3v) is 5.29. The monoisotopic (exact) mass is 346 g/mol. The normalized spacial score (nSPS) is 16.7. The third kappa shape index (κ3) is 2.77. The van der Waals surface area contributed by atoms with Crippen molar-refractivity contribution in [3.63, 3.8) is 0 Å². The Morgan fingerprint density at radius 2 is 2.00 bits per heavy atom. The van der Waals surface area contributed by atoms with Gasteiger partial charge in [-0.05, 0) is 30.8 Å². The number of fused-ring (bicyclic) bond motifs is 2. The highest BCUT2D eigenvalue weighted by Gasteiger charge is 2.15. The van der Waals surface area contributed by atoms with E-state index in [1.54, 1.807) is 0 Å². The van der Waals surface area contributed by atoms with Crippen molar-refractivity contribution in [1.82, 2.24) is 29.2 Å². The SMILES string of the molecule is CN1CCN(Cc2cnc3[nH]cc(-c4ccc5nccn5c4)c3c2)CC1. The Bertz CT molecular complexity index is 1050. The Hall–Kier alpha value is -2.70. The molecule has 1 aliphatic heterocycles. The summed E-state index contributed by atoms with van der Waals surface area (Å²) in [5.74, 6) is 0. The Morgan fingerprint density at radius 3 is 2.88 bits per heavy atom. The van der Waals surface area contributed by atoms with Crippen molar-refractivity contribution in [2.75, 3.05) is 33.2 Å². The number of aromatic amines is 1. The average molecular weight is 346 g/mol. The lowest BCUT2D eigenvalue weighted by molar-refractivity contribution is 0.148. The van der Waals surface area contributed by atoms with E-state index in [0.717, 1.165) is 44.0 Å². The first kappa shape index (κ1) is 15.5. The fourth-order valence-electron chi connectivity index (χ4n) is 3.72. The van der Waals surface area contributed by atoms with Gasteiger partial charge >= 0.3 is 0 Å². The van der Waals surface area contributed by atoms with Crippen molar-refractivity contribution in [3.8, 4) is 11.1 Å². The predicted molar refractivity (Wildman–Crippen MR) is 103 cm³/mol. The highest BCUT2D eigenvalue weighted by Crippen LogP contribution is 2.28. The van der Waals surface area contributed by atoms with Crippen molar-refractivity contribution in [1.29, 1.82) is 0 Å². The number of hydrogen-bond acceptors (Lipinski definition) is 4.